The fraction of sp³-hybridized carbons (Fsp3) is 0.269. The lowest BCUT2D eigenvalue weighted by molar-refractivity contribution is -0.386. The predicted octanol–water partition coefficient (Wildman–Crippen LogP) is 2.44. The number of fused-ring (bicyclic) bond motifs is 1. The number of nitrogens with zero attached hydrogens (tertiary/aromatic N) is 3. The van der Waals surface area contributed by atoms with Gasteiger partial charge in [0, 0.05) is 6.07 Å². The molecular formula is C26H25N3O9S. The lowest BCUT2D eigenvalue weighted by Crippen LogP contribution is -2.40. The molecule has 1 N–H and O–H groups in total. The molecule has 2 heterocycles. The van der Waals surface area contributed by atoms with E-state index >= 15 is 0 Å². The zero-order valence-corrected chi connectivity index (χ0v) is 22.5. The summed E-state index contributed by atoms with van der Waals surface area (Å²) in [6.45, 7) is 3.46. The maximum Gasteiger partial charge on any atom is 0.338 e. The molecule has 1 aliphatic heterocycles. The molecule has 0 fully saturated rings. The molecule has 0 radical (unpaired) electrons. The highest BCUT2D eigenvalue weighted by molar-refractivity contribution is 7.07. The topological polar surface area (TPSA) is 152 Å². The van der Waals surface area contributed by atoms with Gasteiger partial charge in [0.15, 0.2) is 22.0 Å². The van der Waals surface area contributed by atoms with Crippen LogP contribution in [0.15, 0.2) is 51.4 Å². The monoisotopic (exact) mass is 555 g/mol. The van der Waals surface area contributed by atoms with E-state index in [9.17, 15) is 24.8 Å². The third kappa shape index (κ3) is 4.95. The number of rotatable bonds is 8. The van der Waals surface area contributed by atoms with Crippen LogP contribution in [0, 0.1) is 10.1 Å². The third-order valence-electron chi connectivity index (χ3n) is 6.03. The van der Waals surface area contributed by atoms with Crippen molar-refractivity contribution in [3.05, 3.63) is 82.5 Å². The minimum absolute atomic E-state index is 0.119. The van der Waals surface area contributed by atoms with Gasteiger partial charge < -0.3 is 24.1 Å². The number of hydrogen-bond donors (Lipinski definition) is 1. The minimum atomic E-state index is -0.897. The Morgan fingerprint density at radius 1 is 1.15 bits per heavy atom. The molecule has 0 saturated carbocycles. The van der Waals surface area contributed by atoms with E-state index in [2.05, 4.69) is 4.99 Å². The summed E-state index contributed by atoms with van der Waals surface area (Å²) in [6.07, 6.45) is 1.44. The predicted molar refractivity (Wildman–Crippen MR) is 141 cm³/mol. The lowest BCUT2D eigenvalue weighted by Gasteiger charge is -2.25. The SMILES string of the molecule is CCOC(=O)C1=C(C)N=c2sc(=Cc3cc(OC)c(O)c([N+](=O)[O-])c3)c(=O)n2C1c1ccc(OC)c(OC)c1. The van der Waals surface area contributed by atoms with E-state index in [4.69, 9.17) is 18.9 Å². The quantitative estimate of drug-likeness (QED) is 0.251. The van der Waals surface area contributed by atoms with E-state index in [1.165, 1.54) is 38.0 Å². The molecular weight excluding hydrogens is 530 g/mol. The Bertz CT molecular complexity index is 1690. The number of hydrogen-bond acceptors (Lipinski definition) is 11. The van der Waals surface area contributed by atoms with Crippen molar-refractivity contribution >= 4 is 29.1 Å². The molecule has 12 nitrogen and oxygen atoms in total. The largest absolute Gasteiger partial charge is 0.500 e. The third-order valence-corrected chi connectivity index (χ3v) is 7.01. The second kappa shape index (κ2) is 11.0. The summed E-state index contributed by atoms with van der Waals surface area (Å²) in [5.74, 6) is -0.490. The summed E-state index contributed by atoms with van der Waals surface area (Å²) in [7, 11) is 4.24. The number of allylic oxidation sites excluding steroid dienone is 1. The van der Waals surface area contributed by atoms with E-state index in [1.807, 2.05) is 0 Å². The van der Waals surface area contributed by atoms with Gasteiger partial charge in [-0.3, -0.25) is 19.5 Å². The smallest absolute Gasteiger partial charge is 0.338 e. The van der Waals surface area contributed by atoms with Crippen LogP contribution in [0.25, 0.3) is 6.08 Å². The van der Waals surface area contributed by atoms with Crippen molar-refractivity contribution in [1.82, 2.24) is 4.57 Å². The van der Waals surface area contributed by atoms with E-state index < -0.39 is 33.9 Å². The van der Waals surface area contributed by atoms with Gasteiger partial charge in [-0.25, -0.2) is 9.79 Å². The van der Waals surface area contributed by atoms with Crippen molar-refractivity contribution in [3.8, 4) is 23.0 Å². The maximum atomic E-state index is 13.8. The van der Waals surface area contributed by atoms with Crippen LogP contribution >= 0.6 is 11.3 Å². The first-order valence-corrected chi connectivity index (χ1v) is 12.4. The van der Waals surface area contributed by atoms with Crippen LogP contribution in [0.5, 0.6) is 23.0 Å². The first-order chi connectivity index (χ1) is 18.6. The van der Waals surface area contributed by atoms with E-state index in [1.54, 1.807) is 32.0 Å². The second-order valence-electron chi connectivity index (χ2n) is 8.26. The van der Waals surface area contributed by atoms with E-state index in [0.717, 1.165) is 17.4 Å². The Labute approximate surface area is 225 Å². The molecule has 4 rings (SSSR count). The number of thiazole rings is 1. The molecule has 39 heavy (non-hydrogen) atoms. The fourth-order valence-electron chi connectivity index (χ4n) is 4.27. The van der Waals surface area contributed by atoms with Gasteiger partial charge in [0.2, 0.25) is 5.75 Å². The number of nitro benzene ring substituents is 1. The summed E-state index contributed by atoms with van der Waals surface area (Å²) in [5, 5.41) is 21.5. The van der Waals surface area contributed by atoms with Crippen molar-refractivity contribution in [2.24, 2.45) is 4.99 Å². The summed E-state index contributed by atoms with van der Waals surface area (Å²) >= 11 is 1.05. The van der Waals surface area contributed by atoms with Crippen molar-refractivity contribution in [1.29, 1.82) is 0 Å². The van der Waals surface area contributed by atoms with E-state index in [-0.39, 0.29) is 28.0 Å². The number of esters is 1. The van der Waals surface area contributed by atoms with Gasteiger partial charge in [0.1, 0.15) is 0 Å². The average molecular weight is 556 g/mol. The van der Waals surface area contributed by atoms with Gasteiger partial charge >= 0.3 is 11.7 Å². The molecule has 2 aromatic carbocycles. The number of nitro groups is 1. The van der Waals surface area contributed by atoms with Crippen LogP contribution in [0.1, 0.15) is 31.0 Å². The highest BCUT2D eigenvalue weighted by Crippen LogP contribution is 2.38. The molecule has 0 aliphatic carbocycles. The molecule has 1 unspecified atom stereocenters. The molecule has 0 amide bonds. The molecule has 0 saturated heterocycles. The normalized spacial score (nSPS) is 14.9. The Morgan fingerprint density at radius 2 is 1.85 bits per heavy atom. The first kappa shape index (κ1) is 27.4. The number of aromatic hydroxyl groups is 1. The summed E-state index contributed by atoms with van der Waals surface area (Å²) in [5.41, 5.74) is 0.317. The Hall–Kier alpha value is -4.65. The van der Waals surface area contributed by atoms with Crippen LogP contribution in [0.4, 0.5) is 5.69 Å². The maximum absolute atomic E-state index is 13.8. The first-order valence-electron chi connectivity index (χ1n) is 11.6. The summed E-state index contributed by atoms with van der Waals surface area (Å²) in [4.78, 5) is 42.4. The van der Waals surface area contributed by atoms with Gasteiger partial charge in [-0.2, -0.15) is 0 Å². The molecule has 1 atom stereocenters. The molecule has 3 aromatic rings. The van der Waals surface area contributed by atoms with Crippen LogP contribution in [-0.4, -0.2) is 48.5 Å². The van der Waals surface area contributed by atoms with Gasteiger partial charge in [-0.15, -0.1) is 0 Å². The van der Waals surface area contributed by atoms with Crippen LogP contribution in [0.2, 0.25) is 0 Å². The van der Waals surface area contributed by atoms with Gasteiger partial charge in [-0.1, -0.05) is 17.4 Å². The highest BCUT2D eigenvalue weighted by atomic mass is 32.1. The zero-order valence-electron chi connectivity index (χ0n) is 21.7. The number of benzene rings is 2. The lowest BCUT2D eigenvalue weighted by atomic mass is 9.95. The fourth-order valence-corrected chi connectivity index (χ4v) is 5.32. The van der Waals surface area contributed by atoms with E-state index in [0.29, 0.717) is 27.6 Å². The number of carbonyl (C=O) groups is 1. The number of methoxy groups -OCH3 is 3. The second-order valence-corrected chi connectivity index (χ2v) is 9.27. The molecule has 0 bridgehead atoms. The Morgan fingerprint density at radius 3 is 2.46 bits per heavy atom. The van der Waals surface area contributed by atoms with Crippen LogP contribution in [0.3, 0.4) is 0 Å². The number of phenolic OH excluding ortho intramolecular Hbond substituents is 1. The standard InChI is InChI=1S/C26H25N3O9S/c1-6-38-25(32)21-13(2)27-26-28(22(21)15-7-8-17(35-3)18(12-15)36-4)24(31)20(39-26)11-14-9-16(29(33)34)23(30)19(10-14)37-5/h7-12,22,30H,6H2,1-5H3. The van der Waals surface area contributed by atoms with Crippen LogP contribution in [-0.2, 0) is 9.53 Å². The minimum Gasteiger partial charge on any atom is -0.500 e. The van der Waals surface area contributed by atoms with Gasteiger partial charge in [0.05, 0.1) is 54.7 Å². The summed E-state index contributed by atoms with van der Waals surface area (Å²) in [6, 6.07) is 6.68. The zero-order chi connectivity index (χ0) is 28.4. The average Bonchev–Trinajstić information content (AvgIpc) is 3.22. The number of ether oxygens (including phenoxy) is 4. The van der Waals surface area contributed by atoms with Gasteiger partial charge in [-0.05, 0) is 49.2 Å². The summed E-state index contributed by atoms with van der Waals surface area (Å²) < 4.78 is 22.7. The molecule has 204 valence electrons. The molecule has 1 aliphatic rings. The van der Waals surface area contributed by atoms with Crippen LogP contribution < -0.4 is 29.1 Å². The molecule has 13 heteroatoms. The number of carbonyl (C=O) groups excluding carboxylic acids is 1. The van der Waals surface area contributed by atoms with Crippen molar-refractivity contribution in [2.75, 3.05) is 27.9 Å². The van der Waals surface area contributed by atoms with Gasteiger partial charge in [0.25, 0.3) is 5.56 Å². The number of phenols is 1. The highest BCUT2D eigenvalue weighted by Gasteiger charge is 2.34. The number of aromatic nitrogens is 1. The Kier molecular flexibility index (Phi) is 7.72. The molecule has 0 spiro atoms. The van der Waals surface area contributed by atoms with Crippen molar-refractivity contribution in [3.63, 3.8) is 0 Å². The Balaban J connectivity index is 1.99. The van der Waals surface area contributed by atoms with Crippen molar-refractivity contribution in [2.45, 2.75) is 19.9 Å². The molecule has 1 aromatic heterocycles. The van der Waals surface area contributed by atoms with Crippen molar-refractivity contribution < 1.29 is 33.8 Å².